The summed E-state index contributed by atoms with van der Waals surface area (Å²) < 4.78 is 6.46. The number of furan rings is 1. The summed E-state index contributed by atoms with van der Waals surface area (Å²) in [6.45, 7) is 0. The molecule has 2 nitrogen and oxygen atoms in total. The summed E-state index contributed by atoms with van der Waals surface area (Å²) in [5, 5.41) is 7.18. The highest BCUT2D eigenvalue weighted by molar-refractivity contribution is 6.10. The van der Waals surface area contributed by atoms with Crippen molar-refractivity contribution in [2.24, 2.45) is 0 Å². The third-order valence-electron chi connectivity index (χ3n) is 10.2. The first kappa shape index (κ1) is 30.0. The topological polar surface area (TPSA) is 16.4 Å². The lowest BCUT2D eigenvalue weighted by molar-refractivity contribution is 0.670. The van der Waals surface area contributed by atoms with E-state index in [-0.39, 0.29) is 0 Å². The number of benzene rings is 9. The van der Waals surface area contributed by atoms with Gasteiger partial charge in [0.15, 0.2) is 0 Å². The lowest BCUT2D eigenvalue weighted by Gasteiger charge is -2.27. The molecule has 0 atom stereocenters. The van der Waals surface area contributed by atoms with Crippen LogP contribution in [0.2, 0.25) is 0 Å². The Hall–Kier alpha value is -6.90. The summed E-state index contributed by atoms with van der Waals surface area (Å²) in [5.74, 6) is 0. The SMILES string of the molecule is c1cc(-c2ccc(N(c3cccc(-c4cccc5c4oc4ccccc45)c3)c3cccc4ccccc34)cc2)cc(-c2cccc3ccccc23)c1. The normalized spacial score (nSPS) is 11.5. The molecule has 52 heavy (non-hydrogen) atoms. The third-order valence-corrected chi connectivity index (χ3v) is 10.2. The molecule has 0 saturated carbocycles. The summed E-state index contributed by atoms with van der Waals surface area (Å²) in [5.41, 5.74) is 12.1. The average molecular weight is 664 g/mol. The van der Waals surface area contributed by atoms with E-state index in [2.05, 4.69) is 193 Å². The highest BCUT2D eigenvalue weighted by Crippen LogP contribution is 2.42. The number of hydrogen-bond acceptors (Lipinski definition) is 2. The highest BCUT2D eigenvalue weighted by Gasteiger charge is 2.18. The molecule has 9 aromatic carbocycles. The molecule has 1 heterocycles. The van der Waals surface area contributed by atoms with Crippen LogP contribution in [0.1, 0.15) is 0 Å². The van der Waals surface area contributed by atoms with Crippen LogP contribution in [-0.2, 0) is 0 Å². The zero-order chi connectivity index (χ0) is 34.4. The molecule has 2 heteroatoms. The van der Waals surface area contributed by atoms with Gasteiger partial charge in [0.25, 0.3) is 0 Å². The van der Waals surface area contributed by atoms with Gasteiger partial charge in [0.05, 0.1) is 5.69 Å². The van der Waals surface area contributed by atoms with E-state index in [4.69, 9.17) is 4.42 Å². The van der Waals surface area contributed by atoms with Crippen molar-refractivity contribution in [3.63, 3.8) is 0 Å². The van der Waals surface area contributed by atoms with Gasteiger partial charge in [-0.05, 0) is 86.4 Å². The number of rotatable bonds is 6. The van der Waals surface area contributed by atoms with E-state index in [9.17, 15) is 0 Å². The number of nitrogens with zero attached hydrogens (tertiary/aromatic N) is 1. The van der Waals surface area contributed by atoms with Crippen molar-refractivity contribution in [2.45, 2.75) is 0 Å². The summed E-state index contributed by atoms with van der Waals surface area (Å²) >= 11 is 0. The van der Waals surface area contributed by atoms with Crippen molar-refractivity contribution in [3.05, 3.63) is 200 Å². The molecule has 0 spiro atoms. The summed E-state index contributed by atoms with van der Waals surface area (Å²) in [4.78, 5) is 2.38. The Kier molecular flexibility index (Phi) is 7.18. The van der Waals surface area contributed by atoms with Crippen LogP contribution in [-0.4, -0.2) is 0 Å². The Bertz CT molecular complexity index is 2910. The molecule has 0 amide bonds. The molecule has 1 aromatic heterocycles. The predicted molar refractivity (Wildman–Crippen MR) is 220 cm³/mol. The molecule has 0 aliphatic heterocycles. The molecule has 10 aromatic rings. The number of fused-ring (bicyclic) bond motifs is 5. The smallest absolute Gasteiger partial charge is 0.143 e. The zero-order valence-electron chi connectivity index (χ0n) is 28.4. The van der Waals surface area contributed by atoms with Crippen molar-refractivity contribution < 1.29 is 4.42 Å². The minimum atomic E-state index is 0.904. The van der Waals surface area contributed by atoms with E-state index < -0.39 is 0 Å². The van der Waals surface area contributed by atoms with Gasteiger partial charge >= 0.3 is 0 Å². The Morgan fingerprint density at radius 2 is 0.904 bits per heavy atom. The molecule has 0 saturated heterocycles. The minimum absolute atomic E-state index is 0.904. The lowest BCUT2D eigenvalue weighted by atomic mass is 9.95. The van der Waals surface area contributed by atoms with E-state index in [0.717, 1.165) is 50.1 Å². The van der Waals surface area contributed by atoms with Crippen molar-refractivity contribution >= 4 is 60.5 Å². The lowest BCUT2D eigenvalue weighted by Crippen LogP contribution is -2.10. The van der Waals surface area contributed by atoms with Crippen molar-refractivity contribution in [1.82, 2.24) is 0 Å². The summed E-state index contributed by atoms with van der Waals surface area (Å²) in [6.07, 6.45) is 0. The molecule has 0 bridgehead atoms. The van der Waals surface area contributed by atoms with Gasteiger partial charge in [0, 0.05) is 33.1 Å². The van der Waals surface area contributed by atoms with Gasteiger partial charge in [-0.25, -0.2) is 0 Å². The van der Waals surface area contributed by atoms with E-state index in [1.54, 1.807) is 0 Å². The molecular weight excluding hydrogens is 631 g/mol. The second-order valence-corrected chi connectivity index (χ2v) is 13.3. The molecule has 0 aliphatic carbocycles. The minimum Gasteiger partial charge on any atom is -0.455 e. The second-order valence-electron chi connectivity index (χ2n) is 13.3. The molecule has 10 rings (SSSR count). The Morgan fingerprint density at radius 3 is 1.75 bits per heavy atom. The third kappa shape index (κ3) is 5.12. The van der Waals surface area contributed by atoms with Crippen LogP contribution >= 0.6 is 0 Å². The van der Waals surface area contributed by atoms with E-state index >= 15 is 0 Å². The van der Waals surface area contributed by atoms with Gasteiger partial charge in [-0.2, -0.15) is 0 Å². The maximum atomic E-state index is 6.46. The monoisotopic (exact) mass is 663 g/mol. The fraction of sp³-hybridized carbons (Fsp3) is 0. The van der Waals surface area contributed by atoms with Gasteiger partial charge in [-0.15, -0.1) is 0 Å². The van der Waals surface area contributed by atoms with Crippen LogP contribution in [0.15, 0.2) is 205 Å². The molecule has 0 unspecified atom stereocenters. The van der Waals surface area contributed by atoms with Gasteiger partial charge in [-0.1, -0.05) is 158 Å². The van der Waals surface area contributed by atoms with Gasteiger partial charge in [0.2, 0.25) is 0 Å². The molecule has 0 fully saturated rings. The maximum Gasteiger partial charge on any atom is 0.143 e. The van der Waals surface area contributed by atoms with Crippen LogP contribution < -0.4 is 4.90 Å². The first-order chi connectivity index (χ1) is 25.8. The van der Waals surface area contributed by atoms with Gasteiger partial charge in [-0.3, -0.25) is 0 Å². The van der Waals surface area contributed by atoms with Crippen molar-refractivity contribution in [2.75, 3.05) is 4.90 Å². The molecule has 0 radical (unpaired) electrons. The number of hydrogen-bond donors (Lipinski definition) is 0. The molecule has 0 aliphatic rings. The van der Waals surface area contributed by atoms with Crippen LogP contribution in [0.4, 0.5) is 17.1 Å². The number of para-hydroxylation sites is 2. The summed E-state index contributed by atoms with van der Waals surface area (Å²) in [7, 11) is 0. The van der Waals surface area contributed by atoms with Gasteiger partial charge in [0.1, 0.15) is 11.2 Å². The zero-order valence-corrected chi connectivity index (χ0v) is 28.4. The van der Waals surface area contributed by atoms with E-state index in [1.807, 2.05) is 12.1 Å². The predicted octanol–water partition coefficient (Wildman–Crippen LogP) is 14.4. The summed E-state index contributed by atoms with van der Waals surface area (Å²) in [6, 6.07) is 71.7. The van der Waals surface area contributed by atoms with Crippen LogP contribution in [0.5, 0.6) is 0 Å². The van der Waals surface area contributed by atoms with Crippen LogP contribution in [0.3, 0.4) is 0 Å². The Labute approximate surface area is 302 Å². The molecule has 0 N–H and O–H groups in total. The van der Waals surface area contributed by atoms with Gasteiger partial charge < -0.3 is 9.32 Å². The quantitative estimate of drug-likeness (QED) is 0.176. The van der Waals surface area contributed by atoms with Crippen LogP contribution in [0, 0.1) is 0 Å². The molecule has 244 valence electrons. The Morgan fingerprint density at radius 1 is 0.327 bits per heavy atom. The standard InChI is InChI=1S/C50H33NO/c1-3-20-42-35(12-1)14-9-23-43(42)38-17-7-16-37(32-38)34-28-30-40(31-29-34)51(48-26-10-15-36-13-2-4-21-44(36)48)41-19-8-18-39(33-41)45-24-11-25-47-46-22-5-6-27-49(46)52-50(45)47/h1-33H. The first-order valence-corrected chi connectivity index (χ1v) is 17.8. The van der Waals surface area contributed by atoms with Crippen LogP contribution in [0.25, 0.3) is 76.9 Å². The average Bonchev–Trinajstić information content (AvgIpc) is 3.60. The largest absolute Gasteiger partial charge is 0.455 e. The molecular formula is C50H33NO. The van der Waals surface area contributed by atoms with E-state index in [0.29, 0.717) is 0 Å². The fourth-order valence-electron chi connectivity index (χ4n) is 7.76. The maximum absolute atomic E-state index is 6.46. The number of anilines is 3. The highest BCUT2D eigenvalue weighted by atomic mass is 16.3. The Balaban J connectivity index is 1.09. The van der Waals surface area contributed by atoms with Crippen molar-refractivity contribution in [1.29, 1.82) is 0 Å². The van der Waals surface area contributed by atoms with E-state index in [1.165, 1.54) is 43.8 Å². The van der Waals surface area contributed by atoms with Crippen molar-refractivity contribution in [3.8, 4) is 33.4 Å². The second kappa shape index (κ2) is 12.5. The first-order valence-electron chi connectivity index (χ1n) is 17.8. The fourth-order valence-corrected chi connectivity index (χ4v) is 7.76.